The summed E-state index contributed by atoms with van der Waals surface area (Å²) in [5.41, 5.74) is 0. The molecule has 0 bridgehead atoms. The summed E-state index contributed by atoms with van der Waals surface area (Å²) in [6, 6.07) is 0. The fourth-order valence-corrected chi connectivity index (χ4v) is 1.67. The van der Waals surface area contributed by atoms with E-state index in [0.29, 0.717) is 12.3 Å². The molecule has 0 radical (unpaired) electrons. The molecule has 0 saturated carbocycles. The standard InChI is InChI=1S/C8H16NO2.K/c1-9-3-2-7(5-9)4-8(11)6-10;/h7-8,11H,2-6H2,1H3;/q-1;+1. The fraction of sp³-hybridized carbons (Fsp3) is 1.00. The van der Waals surface area contributed by atoms with Crippen LogP contribution >= 0.6 is 0 Å². The minimum Gasteiger partial charge on any atom is -0.853 e. The average Bonchev–Trinajstić information content (AvgIpc) is 2.35. The van der Waals surface area contributed by atoms with Crippen LogP contribution < -0.4 is 56.5 Å². The van der Waals surface area contributed by atoms with Crippen molar-refractivity contribution in [3.63, 3.8) is 0 Å². The molecule has 4 heteroatoms. The Labute approximate surface area is 117 Å². The molecule has 0 aromatic heterocycles. The molecule has 1 N–H and O–H groups in total. The predicted molar refractivity (Wildman–Crippen MR) is 41.1 cm³/mol. The van der Waals surface area contributed by atoms with Gasteiger partial charge in [0.1, 0.15) is 0 Å². The molecule has 12 heavy (non-hydrogen) atoms. The Kier molecular flexibility index (Phi) is 7.77. The van der Waals surface area contributed by atoms with E-state index in [4.69, 9.17) is 5.11 Å². The molecule has 3 nitrogen and oxygen atoms in total. The maximum Gasteiger partial charge on any atom is 1.00 e. The van der Waals surface area contributed by atoms with Crippen LogP contribution in [0, 0.1) is 5.92 Å². The second-order valence-corrected chi connectivity index (χ2v) is 3.47. The molecule has 1 aliphatic heterocycles. The predicted octanol–water partition coefficient (Wildman–Crippen LogP) is -3.95. The molecule has 1 aliphatic rings. The van der Waals surface area contributed by atoms with Crippen LogP contribution in [0.3, 0.4) is 0 Å². The van der Waals surface area contributed by atoms with Gasteiger partial charge >= 0.3 is 51.4 Å². The number of likely N-dealkylation sites (tertiary alicyclic amines) is 1. The Morgan fingerprint density at radius 3 is 2.75 bits per heavy atom. The van der Waals surface area contributed by atoms with Gasteiger partial charge in [-0.05, 0) is 32.4 Å². The summed E-state index contributed by atoms with van der Waals surface area (Å²) in [4.78, 5) is 2.24. The first kappa shape index (κ1) is 13.5. The van der Waals surface area contributed by atoms with Crippen LogP contribution in [0.5, 0.6) is 0 Å². The average molecular weight is 197 g/mol. The van der Waals surface area contributed by atoms with E-state index in [0.717, 1.165) is 19.5 Å². The van der Waals surface area contributed by atoms with E-state index in [1.54, 1.807) is 0 Å². The molecule has 1 rings (SSSR count). The summed E-state index contributed by atoms with van der Waals surface area (Å²) in [5, 5.41) is 19.3. The van der Waals surface area contributed by atoms with Crippen LogP contribution in [0.2, 0.25) is 0 Å². The summed E-state index contributed by atoms with van der Waals surface area (Å²) in [5.74, 6) is 0.545. The van der Waals surface area contributed by atoms with Gasteiger partial charge in [-0.1, -0.05) is 0 Å². The molecule has 2 unspecified atom stereocenters. The Hall–Kier alpha value is 1.52. The number of rotatable bonds is 3. The Morgan fingerprint density at radius 1 is 1.67 bits per heavy atom. The topological polar surface area (TPSA) is 46.5 Å². The van der Waals surface area contributed by atoms with Crippen LogP contribution in [0.25, 0.3) is 0 Å². The van der Waals surface area contributed by atoms with Crippen molar-refractivity contribution < 1.29 is 61.6 Å². The third kappa shape index (κ3) is 4.67. The van der Waals surface area contributed by atoms with Crippen LogP contribution in [0.4, 0.5) is 0 Å². The molecule has 0 aliphatic carbocycles. The fourth-order valence-electron chi connectivity index (χ4n) is 1.67. The smallest absolute Gasteiger partial charge is 0.853 e. The Morgan fingerprint density at radius 2 is 2.33 bits per heavy atom. The van der Waals surface area contributed by atoms with Crippen molar-refractivity contribution in [2.45, 2.75) is 18.9 Å². The van der Waals surface area contributed by atoms with Crippen molar-refractivity contribution in [2.24, 2.45) is 5.92 Å². The number of hydrogen-bond acceptors (Lipinski definition) is 3. The van der Waals surface area contributed by atoms with Crippen LogP contribution in [-0.2, 0) is 0 Å². The third-order valence-electron chi connectivity index (χ3n) is 2.29. The molecule has 0 aromatic carbocycles. The van der Waals surface area contributed by atoms with Gasteiger partial charge in [-0.15, -0.1) is 6.61 Å². The second-order valence-electron chi connectivity index (χ2n) is 3.47. The van der Waals surface area contributed by atoms with E-state index in [-0.39, 0.29) is 58.0 Å². The Balaban J connectivity index is 0.00000121. The number of hydrogen-bond donors (Lipinski definition) is 1. The largest absolute Gasteiger partial charge is 1.00 e. The molecule has 1 heterocycles. The van der Waals surface area contributed by atoms with E-state index >= 15 is 0 Å². The van der Waals surface area contributed by atoms with E-state index < -0.39 is 6.10 Å². The van der Waals surface area contributed by atoms with Crippen molar-refractivity contribution in [1.29, 1.82) is 0 Å². The molecule has 0 aromatic rings. The second kappa shape index (κ2) is 6.89. The van der Waals surface area contributed by atoms with Crippen molar-refractivity contribution >= 4 is 0 Å². The minimum absolute atomic E-state index is 0. The van der Waals surface area contributed by atoms with Gasteiger partial charge < -0.3 is 15.1 Å². The van der Waals surface area contributed by atoms with Crippen LogP contribution in [0.15, 0.2) is 0 Å². The van der Waals surface area contributed by atoms with Gasteiger partial charge in [-0.3, -0.25) is 0 Å². The first-order valence-corrected chi connectivity index (χ1v) is 4.17. The normalized spacial score (nSPS) is 26.8. The minimum atomic E-state index is -0.619. The molecule has 2 atom stereocenters. The van der Waals surface area contributed by atoms with Gasteiger partial charge in [-0.25, -0.2) is 0 Å². The SMILES string of the molecule is CN1CCC(CC(O)C[O-])C1.[K+]. The molecule has 1 fully saturated rings. The number of aliphatic hydroxyl groups is 1. The zero-order valence-electron chi connectivity index (χ0n) is 7.99. The first-order chi connectivity index (χ1) is 5.22. The van der Waals surface area contributed by atoms with Gasteiger partial charge in [0, 0.05) is 12.6 Å². The van der Waals surface area contributed by atoms with Crippen LogP contribution in [-0.4, -0.2) is 42.9 Å². The van der Waals surface area contributed by atoms with Gasteiger partial charge in [0.15, 0.2) is 0 Å². The number of aliphatic hydroxyl groups excluding tert-OH is 1. The molecule has 1 saturated heterocycles. The van der Waals surface area contributed by atoms with Gasteiger partial charge in [0.05, 0.1) is 0 Å². The summed E-state index contributed by atoms with van der Waals surface area (Å²) in [6.45, 7) is 1.80. The molecular formula is C8H16KNO2. The van der Waals surface area contributed by atoms with E-state index in [1.165, 1.54) is 0 Å². The van der Waals surface area contributed by atoms with Gasteiger partial charge in [0.2, 0.25) is 0 Å². The summed E-state index contributed by atoms with van der Waals surface area (Å²) >= 11 is 0. The van der Waals surface area contributed by atoms with Crippen molar-refractivity contribution in [3.8, 4) is 0 Å². The third-order valence-corrected chi connectivity index (χ3v) is 2.29. The maximum atomic E-state index is 10.2. The molecule has 66 valence electrons. The van der Waals surface area contributed by atoms with E-state index in [1.807, 2.05) is 0 Å². The number of nitrogens with zero attached hydrogens (tertiary/aromatic N) is 1. The van der Waals surface area contributed by atoms with Gasteiger partial charge in [0.25, 0.3) is 0 Å². The Bertz CT molecular complexity index is 124. The van der Waals surface area contributed by atoms with Crippen molar-refractivity contribution in [3.05, 3.63) is 0 Å². The molecule has 0 spiro atoms. The summed E-state index contributed by atoms with van der Waals surface area (Å²) < 4.78 is 0. The van der Waals surface area contributed by atoms with Crippen molar-refractivity contribution in [1.82, 2.24) is 4.90 Å². The molecule has 0 amide bonds. The zero-order chi connectivity index (χ0) is 8.27. The van der Waals surface area contributed by atoms with Crippen LogP contribution in [0.1, 0.15) is 12.8 Å². The monoisotopic (exact) mass is 197 g/mol. The maximum absolute atomic E-state index is 10.2. The zero-order valence-corrected chi connectivity index (χ0v) is 11.1. The summed E-state index contributed by atoms with van der Waals surface area (Å²) in [6.07, 6.45) is 1.20. The van der Waals surface area contributed by atoms with Gasteiger partial charge in [-0.2, -0.15) is 0 Å². The van der Waals surface area contributed by atoms with E-state index in [2.05, 4.69) is 11.9 Å². The van der Waals surface area contributed by atoms with Crippen molar-refractivity contribution in [2.75, 3.05) is 26.7 Å². The quantitative estimate of drug-likeness (QED) is 0.470. The first-order valence-electron chi connectivity index (χ1n) is 4.17. The molecular weight excluding hydrogens is 181 g/mol. The van der Waals surface area contributed by atoms with E-state index in [9.17, 15) is 5.11 Å². The summed E-state index contributed by atoms with van der Waals surface area (Å²) in [7, 11) is 2.07.